The molecular formula is C37H41F5N8O5. The second kappa shape index (κ2) is 16.1. The molecule has 0 N–H and O–H groups in total. The minimum atomic E-state index is -5.00. The van der Waals surface area contributed by atoms with E-state index in [-0.39, 0.29) is 77.9 Å². The summed E-state index contributed by atoms with van der Waals surface area (Å²) in [6.45, 7) is 12.7. The van der Waals surface area contributed by atoms with E-state index in [1.165, 1.54) is 14.7 Å². The van der Waals surface area contributed by atoms with Crippen molar-refractivity contribution in [2.24, 2.45) is 0 Å². The van der Waals surface area contributed by atoms with Crippen molar-refractivity contribution in [3.8, 4) is 6.01 Å². The molecule has 0 bridgehead atoms. The number of piperazine rings is 1. The Labute approximate surface area is 314 Å². The summed E-state index contributed by atoms with van der Waals surface area (Å²) in [5, 5.41) is 0. The van der Waals surface area contributed by atoms with Crippen molar-refractivity contribution in [1.82, 2.24) is 24.8 Å². The number of anilines is 2. The Morgan fingerprint density at radius 2 is 1.73 bits per heavy atom. The second-order valence-corrected chi connectivity index (χ2v) is 14.5. The van der Waals surface area contributed by atoms with Crippen LogP contribution in [0.25, 0.3) is 4.85 Å². The third-order valence-electron chi connectivity index (χ3n) is 9.45. The van der Waals surface area contributed by atoms with Crippen LogP contribution in [0.4, 0.5) is 43.0 Å². The van der Waals surface area contributed by atoms with Crippen LogP contribution in [0.3, 0.4) is 0 Å². The van der Waals surface area contributed by atoms with Gasteiger partial charge in [0.25, 0.3) is 0 Å². The molecule has 294 valence electrons. The number of ether oxygens (including phenoxy) is 3. The Morgan fingerprint density at radius 1 is 0.964 bits per heavy atom. The Balaban J connectivity index is 1.28. The average Bonchev–Trinajstić information content (AvgIpc) is 3.52. The fourth-order valence-corrected chi connectivity index (χ4v) is 6.95. The molecule has 3 aliphatic rings. The van der Waals surface area contributed by atoms with Crippen molar-refractivity contribution in [3.05, 3.63) is 82.3 Å². The molecule has 5 heterocycles. The van der Waals surface area contributed by atoms with Crippen molar-refractivity contribution in [2.75, 3.05) is 55.7 Å². The van der Waals surface area contributed by atoms with Crippen LogP contribution in [-0.4, -0.2) is 107 Å². The second-order valence-electron chi connectivity index (χ2n) is 14.5. The van der Waals surface area contributed by atoms with Gasteiger partial charge in [0.1, 0.15) is 42.4 Å². The van der Waals surface area contributed by atoms with E-state index in [1.807, 2.05) is 35.2 Å². The zero-order chi connectivity index (χ0) is 39.5. The average molecular weight is 773 g/mol. The molecule has 2 amide bonds. The number of alkyl halides is 4. The maximum atomic E-state index is 14.6. The van der Waals surface area contributed by atoms with Gasteiger partial charge in [-0.2, -0.15) is 23.1 Å². The predicted octanol–water partition coefficient (Wildman–Crippen LogP) is 6.07. The maximum absolute atomic E-state index is 14.6. The van der Waals surface area contributed by atoms with E-state index in [9.17, 15) is 31.5 Å². The van der Waals surface area contributed by atoms with Crippen LogP contribution in [0.5, 0.6) is 6.01 Å². The number of carbonyl (C=O) groups is 2. The molecule has 0 unspecified atom stereocenters. The predicted molar refractivity (Wildman–Crippen MR) is 189 cm³/mol. The first-order chi connectivity index (χ1) is 26.1. The number of carbonyl (C=O) groups excluding carboxylic acids is 2. The van der Waals surface area contributed by atoms with Crippen LogP contribution < -0.4 is 14.5 Å². The lowest BCUT2D eigenvalue weighted by atomic mass is 10.0. The molecule has 0 saturated carbocycles. The molecule has 1 aromatic carbocycles. The molecular weight excluding hydrogens is 731 g/mol. The van der Waals surface area contributed by atoms with E-state index in [0.717, 1.165) is 11.8 Å². The molecule has 3 atom stereocenters. The van der Waals surface area contributed by atoms with E-state index in [1.54, 1.807) is 20.8 Å². The molecule has 6 rings (SSSR count). The van der Waals surface area contributed by atoms with Gasteiger partial charge in [-0.3, -0.25) is 14.8 Å². The first-order valence-electron chi connectivity index (χ1n) is 17.8. The number of benzene rings is 1. The molecule has 2 aromatic heterocycles. The summed E-state index contributed by atoms with van der Waals surface area (Å²) in [5.74, 6) is -1.12. The number of pyridine rings is 1. The highest BCUT2D eigenvalue weighted by Crippen LogP contribution is 2.40. The summed E-state index contributed by atoms with van der Waals surface area (Å²) in [6.07, 6.45) is -6.01. The third-order valence-corrected chi connectivity index (χ3v) is 9.45. The summed E-state index contributed by atoms with van der Waals surface area (Å²) >= 11 is 0. The Morgan fingerprint density at radius 3 is 2.44 bits per heavy atom. The number of halogens is 5. The normalized spacial score (nSPS) is 20.2. The van der Waals surface area contributed by atoms with Gasteiger partial charge in [-0.1, -0.05) is 30.3 Å². The number of aromatic nitrogens is 3. The maximum Gasteiger partial charge on any atom is 0.421 e. The molecule has 3 aromatic rings. The lowest BCUT2D eigenvalue weighted by Gasteiger charge is -2.40. The van der Waals surface area contributed by atoms with E-state index in [2.05, 4.69) is 14.8 Å². The van der Waals surface area contributed by atoms with Crippen molar-refractivity contribution in [2.45, 2.75) is 76.8 Å². The molecule has 13 nitrogen and oxygen atoms in total. The molecule has 0 spiro atoms. The number of fused-ring (bicyclic) bond motifs is 1. The number of rotatable bonds is 8. The molecule has 0 radical (unpaired) electrons. The summed E-state index contributed by atoms with van der Waals surface area (Å²) in [6, 6.07) is 7.65. The van der Waals surface area contributed by atoms with E-state index in [0.29, 0.717) is 23.3 Å². The van der Waals surface area contributed by atoms with Crippen LogP contribution >= 0.6 is 0 Å². The SMILES string of the molecule is [C-]#[N+]C[C@H]1CN(c2nc(OC[C@@H]3C[C@@H](F)CN3C(=O)OC(C)(C)C)nc3c2CCN(c2cncc(F)c2C(F)(F)F)C3)CCN1C(=O)OCc1ccccc1. The van der Waals surface area contributed by atoms with E-state index >= 15 is 0 Å². The number of amides is 2. The lowest BCUT2D eigenvalue weighted by molar-refractivity contribution is -0.139. The monoisotopic (exact) mass is 772 g/mol. The molecule has 3 aliphatic heterocycles. The topological polar surface area (TPSA) is 118 Å². The highest BCUT2D eigenvalue weighted by molar-refractivity contribution is 5.70. The third kappa shape index (κ3) is 9.26. The summed E-state index contributed by atoms with van der Waals surface area (Å²) < 4.78 is 88.4. The lowest BCUT2D eigenvalue weighted by Crippen LogP contribution is -2.57. The number of likely N-dealkylation sites (tertiary alicyclic amines) is 1. The molecule has 2 fully saturated rings. The van der Waals surface area contributed by atoms with Crippen molar-refractivity contribution < 1.29 is 45.8 Å². The summed E-state index contributed by atoms with van der Waals surface area (Å²) in [4.78, 5) is 48.6. The fourth-order valence-electron chi connectivity index (χ4n) is 6.95. The van der Waals surface area contributed by atoms with Gasteiger partial charge >= 0.3 is 24.4 Å². The molecule has 2 saturated heterocycles. The van der Waals surface area contributed by atoms with Crippen LogP contribution in [-0.2, 0) is 35.2 Å². The van der Waals surface area contributed by atoms with Gasteiger partial charge in [0.2, 0.25) is 6.54 Å². The van der Waals surface area contributed by atoms with Crippen molar-refractivity contribution >= 4 is 23.7 Å². The molecule has 18 heteroatoms. The first kappa shape index (κ1) is 39.2. The van der Waals surface area contributed by atoms with Gasteiger partial charge < -0.3 is 28.9 Å². The molecule has 0 aliphatic carbocycles. The van der Waals surface area contributed by atoms with Gasteiger partial charge in [0.15, 0.2) is 5.82 Å². The van der Waals surface area contributed by atoms with Gasteiger partial charge in [0, 0.05) is 38.2 Å². The van der Waals surface area contributed by atoms with Gasteiger partial charge in [-0.25, -0.2) is 24.9 Å². The smallest absolute Gasteiger partial charge is 0.421 e. The number of nitrogens with zero attached hydrogens (tertiary/aromatic N) is 8. The van der Waals surface area contributed by atoms with Gasteiger partial charge in [-0.05, 0) is 32.8 Å². The van der Waals surface area contributed by atoms with E-state index in [4.69, 9.17) is 25.8 Å². The summed E-state index contributed by atoms with van der Waals surface area (Å²) in [7, 11) is 0. The van der Waals surface area contributed by atoms with Gasteiger partial charge in [-0.15, -0.1) is 0 Å². The van der Waals surface area contributed by atoms with Crippen LogP contribution in [0.15, 0.2) is 42.7 Å². The minimum Gasteiger partial charge on any atom is -0.461 e. The van der Waals surface area contributed by atoms with Crippen LogP contribution in [0, 0.1) is 12.4 Å². The minimum absolute atomic E-state index is 0.0295. The van der Waals surface area contributed by atoms with Gasteiger partial charge in [0.05, 0.1) is 42.9 Å². The largest absolute Gasteiger partial charge is 0.461 e. The quantitative estimate of drug-likeness (QED) is 0.198. The first-order valence-corrected chi connectivity index (χ1v) is 17.8. The van der Waals surface area contributed by atoms with Crippen LogP contribution in [0.2, 0.25) is 0 Å². The fraction of sp³-hybridized carbons (Fsp3) is 0.514. The van der Waals surface area contributed by atoms with Crippen molar-refractivity contribution in [1.29, 1.82) is 0 Å². The molecule has 55 heavy (non-hydrogen) atoms. The zero-order valence-electron chi connectivity index (χ0n) is 30.6. The summed E-state index contributed by atoms with van der Waals surface area (Å²) in [5.41, 5.74) is -1.02. The number of hydrogen-bond acceptors (Lipinski definition) is 10. The van der Waals surface area contributed by atoms with Crippen LogP contribution in [0.1, 0.15) is 49.6 Å². The highest BCUT2D eigenvalue weighted by atomic mass is 19.4. The Bertz CT molecular complexity index is 1910. The Kier molecular flexibility index (Phi) is 11.5. The Hall–Kier alpha value is -5.47. The standard InChI is InChI=1S/C37H41F5N8O5/c1-36(2,3)55-35(52)50-18-24(38)14-25(50)22-53-33-45-29-20-47(30-17-44-16-28(39)31(30)37(40,41)42)11-10-27(29)32(46-33)48-12-13-49(26(19-48)15-43-4)34(51)54-21-23-8-6-5-7-9-23/h5-9,16-17,24-26H,10-15,18-22H2,1-3H3/t24-,25+,26+/m1/s1. The highest BCUT2D eigenvalue weighted by Gasteiger charge is 2.42. The van der Waals surface area contributed by atoms with Crippen molar-refractivity contribution in [3.63, 3.8) is 0 Å². The number of hydrogen-bond donors (Lipinski definition) is 0. The zero-order valence-corrected chi connectivity index (χ0v) is 30.6. The van der Waals surface area contributed by atoms with E-state index < -0.39 is 59.3 Å².